The molecule has 2 rings (SSSR count). The topological polar surface area (TPSA) is 40.5 Å². The van der Waals surface area contributed by atoms with Crippen molar-refractivity contribution in [2.45, 2.75) is 64.3 Å². The van der Waals surface area contributed by atoms with Gasteiger partial charge in [0.05, 0.1) is 0 Å². The predicted molar refractivity (Wildman–Crippen MR) is 72.6 cm³/mol. The molecule has 3 nitrogen and oxygen atoms in total. The summed E-state index contributed by atoms with van der Waals surface area (Å²) in [7, 11) is 0. The van der Waals surface area contributed by atoms with Gasteiger partial charge in [-0.05, 0) is 57.4 Å². The molecule has 3 unspecified atom stereocenters. The Bertz CT molecular complexity index is 305. The van der Waals surface area contributed by atoms with Crippen molar-refractivity contribution in [2.24, 2.45) is 11.8 Å². The third-order valence-electron chi connectivity index (χ3n) is 5.02. The van der Waals surface area contributed by atoms with Gasteiger partial charge in [-0.2, -0.15) is 0 Å². The van der Waals surface area contributed by atoms with E-state index >= 15 is 0 Å². The fourth-order valence-corrected chi connectivity index (χ4v) is 3.75. The second-order valence-electron chi connectivity index (χ2n) is 6.62. The molecule has 1 saturated carbocycles. The Hall–Kier alpha value is -0.570. The van der Waals surface area contributed by atoms with Crippen molar-refractivity contribution in [3.63, 3.8) is 0 Å². The number of aliphatic carboxylic acids is 1. The van der Waals surface area contributed by atoms with Crippen molar-refractivity contribution in [3.8, 4) is 0 Å². The maximum absolute atomic E-state index is 11.6. The van der Waals surface area contributed by atoms with Gasteiger partial charge in [-0.15, -0.1) is 0 Å². The third-order valence-corrected chi connectivity index (χ3v) is 5.02. The van der Waals surface area contributed by atoms with Gasteiger partial charge in [0.15, 0.2) is 0 Å². The minimum atomic E-state index is -0.633. The zero-order chi connectivity index (χ0) is 13.2. The average Bonchev–Trinajstić information content (AvgIpc) is 2.32. The zero-order valence-electron chi connectivity index (χ0n) is 11.8. The van der Waals surface area contributed by atoms with E-state index in [1.807, 2.05) is 6.92 Å². The number of carboxylic acid groups (broad SMARTS) is 1. The van der Waals surface area contributed by atoms with Gasteiger partial charge in [0, 0.05) is 6.54 Å². The smallest absolute Gasteiger partial charge is 0.323 e. The van der Waals surface area contributed by atoms with Crippen LogP contribution in [0.15, 0.2) is 0 Å². The molecule has 1 saturated heterocycles. The summed E-state index contributed by atoms with van der Waals surface area (Å²) in [5.41, 5.74) is -0.612. The number of hydrogen-bond acceptors (Lipinski definition) is 2. The average molecular weight is 253 g/mol. The fraction of sp³-hybridized carbons (Fsp3) is 0.933. The van der Waals surface area contributed by atoms with Crippen LogP contribution in [-0.4, -0.2) is 34.6 Å². The van der Waals surface area contributed by atoms with E-state index in [1.165, 1.54) is 25.7 Å². The largest absolute Gasteiger partial charge is 0.480 e. The molecular formula is C15H27NO2. The Morgan fingerprint density at radius 1 is 1.33 bits per heavy atom. The molecule has 2 aliphatic rings. The first-order valence-corrected chi connectivity index (χ1v) is 7.51. The SMILES string of the molecule is CC1CCCC(CN2CCCCC2(C)C(=O)O)C1. The van der Waals surface area contributed by atoms with Gasteiger partial charge in [0.2, 0.25) is 0 Å². The standard InChI is InChI=1S/C15H27NO2/c1-12-6-5-7-13(10-12)11-16-9-4-3-8-15(16,2)14(17)18/h12-13H,3-11H2,1-2H3,(H,17,18). The lowest BCUT2D eigenvalue weighted by Gasteiger charge is -2.44. The Labute approximate surface area is 111 Å². The van der Waals surface area contributed by atoms with Crippen molar-refractivity contribution in [3.05, 3.63) is 0 Å². The van der Waals surface area contributed by atoms with Crippen LogP contribution in [0.5, 0.6) is 0 Å². The van der Waals surface area contributed by atoms with Gasteiger partial charge < -0.3 is 5.11 Å². The van der Waals surface area contributed by atoms with E-state index in [2.05, 4.69) is 11.8 Å². The highest BCUT2D eigenvalue weighted by Gasteiger charge is 2.42. The van der Waals surface area contributed by atoms with Crippen molar-refractivity contribution < 1.29 is 9.90 Å². The highest BCUT2D eigenvalue weighted by atomic mass is 16.4. The molecule has 0 aromatic carbocycles. The molecule has 2 fully saturated rings. The van der Waals surface area contributed by atoms with Crippen molar-refractivity contribution >= 4 is 5.97 Å². The molecule has 0 aromatic rings. The number of carbonyl (C=O) groups is 1. The monoisotopic (exact) mass is 253 g/mol. The second-order valence-corrected chi connectivity index (χ2v) is 6.62. The number of nitrogens with zero attached hydrogens (tertiary/aromatic N) is 1. The minimum Gasteiger partial charge on any atom is -0.480 e. The normalized spacial score (nSPS) is 38.6. The first kappa shape index (κ1) is 13.9. The maximum atomic E-state index is 11.6. The summed E-state index contributed by atoms with van der Waals surface area (Å²) in [6.07, 6.45) is 8.27. The van der Waals surface area contributed by atoms with E-state index in [-0.39, 0.29) is 0 Å². The molecule has 18 heavy (non-hydrogen) atoms. The van der Waals surface area contributed by atoms with Gasteiger partial charge in [0.1, 0.15) is 5.54 Å². The number of likely N-dealkylation sites (tertiary alicyclic amines) is 1. The fourth-order valence-electron chi connectivity index (χ4n) is 3.75. The lowest BCUT2D eigenvalue weighted by Crippen LogP contribution is -2.56. The molecule has 0 amide bonds. The number of carboxylic acids is 1. The van der Waals surface area contributed by atoms with Crippen LogP contribution in [0.3, 0.4) is 0 Å². The maximum Gasteiger partial charge on any atom is 0.323 e. The summed E-state index contributed by atoms with van der Waals surface area (Å²) in [6.45, 7) is 6.21. The molecular weight excluding hydrogens is 226 g/mol. The van der Waals surface area contributed by atoms with E-state index in [9.17, 15) is 9.90 Å². The van der Waals surface area contributed by atoms with Crippen LogP contribution in [0.4, 0.5) is 0 Å². The van der Waals surface area contributed by atoms with Crippen LogP contribution < -0.4 is 0 Å². The molecule has 0 aromatic heterocycles. The van der Waals surface area contributed by atoms with Gasteiger partial charge in [-0.3, -0.25) is 9.69 Å². The molecule has 1 aliphatic heterocycles. The molecule has 3 heteroatoms. The summed E-state index contributed by atoms with van der Waals surface area (Å²) < 4.78 is 0. The van der Waals surface area contributed by atoms with E-state index in [1.54, 1.807) is 0 Å². The molecule has 1 N–H and O–H groups in total. The molecule has 1 heterocycles. The van der Waals surface area contributed by atoms with Crippen molar-refractivity contribution in [1.82, 2.24) is 4.90 Å². The molecule has 1 aliphatic carbocycles. The molecule has 0 bridgehead atoms. The first-order chi connectivity index (χ1) is 8.52. The van der Waals surface area contributed by atoms with Crippen LogP contribution in [0.1, 0.15) is 58.8 Å². The van der Waals surface area contributed by atoms with Crippen LogP contribution in [-0.2, 0) is 4.79 Å². The van der Waals surface area contributed by atoms with E-state index in [4.69, 9.17) is 0 Å². The van der Waals surface area contributed by atoms with E-state index in [0.717, 1.165) is 38.3 Å². The van der Waals surface area contributed by atoms with Gasteiger partial charge in [-0.1, -0.05) is 19.8 Å². The summed E-state index contributed by atoms with van der Waals surface area (Å²) in [4.78, 5) is 13.8. The van der Waals surface area contributed by atoms with E-state index in [0.29, 0.717) is 5.92 Å². The number of piperidine rings is 1. The van der Waals surface area contributed by atoms with Crippen LogP contribution >= 0.6 is 0 Å². The molecule has 104 valence electrons. The van der Waals surface area contributed by atoms with Crippen molar-refractivity contribution in [2.75, 3.05) is 13.1 Å². The van der Waals surface area contributed by atoms with Crippen LogP contribution in [0, 0.1) is 11.8 Å². The lowest BCUT2D eigenvalue weighted by atomic mass is 9.80. The molecule has 0 radical (unpaired) electrons. The van der Waals surface area contributed by atoms with Gasteiger partial charge in [-0.25, -0.2) is 0 Å². The van der Waals surface area contributed by atoms with Gasteiger partial charge in [0.25, 0.3) is 0 Å². The summed E-state index contributed by atoms with van der Waals surface area (Å²) in [5.74, 6) is 0.904. The second kappa shape index (κ2) is 5.60. The zero-order valence-corrected chi connectivity index (χ0v) is 11.8. The van der Waals surface area contributed by atoms with Gasteiger partial charge >= 0.3 is 5.97 Å². The number of rotatable bonds is 3. The Kier molecular flexibility index (Phi) is 4.31. The summed E-state index contributed by atoms with van der Waals surface area (Å²) >= 11 is 0. The van der Waals surface area contributed by atoms with Crippen LogP contribution in [0.2, 0.25) is 0 Å². The molecule has 3 atom stereocenters. The highest BCUT2D eigenvalue weighted by molar-refractivity contribution is 5.78. The van der Waals surface area contributed by atoms with Crippen molar-refractivity contribution in [1.29, 1.82) is 0 Å². The highest BCUT2D eigenvalue weighted by Crippen LogP contribution is 2.34. The summed E-state index contributed by atoms with van der Waals surface area (Å²) in [5, 5.41) is 9.51. The summed E-state index contributed by atoms with van der Waals surface area (Å²) in [6, 6.07) is 0. The minimum absolute atomic E-state index is 0.612. The van der Waals surface area contributed by atoms with E-state index < -0.39 is 11.5 Å². The number of hydrogen-bond donors (Lipinski definition) is 1. The Balaban J connectivity index is 1.99. The molecule has 0 spiro atoms. The first-order valence-electron chi connectivity index (χ1n) is 7.51. The Morgan fingerprint density at radius 3 is 2.78 bits per heavy atom. The third kappa shape index (κ3) is 2.87. The lowest BCUT2D eigenvalue weighted by molar-refractivity contribution is -0.153. The quantitative estimate of drug-likeness (QED) is 0.840. The Morgan fingerprint density at radius 2 is 2.11 bits per heavy atom. The van der Waals surface area contributed by atoms with Crippen LogP contribution in [0.25, 0.3) is 0 Å². The predicted octanol–water partition coefficient (Wildman–Crippen LogP) is 3.14.